The van der Waals surface area contributed by atoms with Crippen LogP contribution in [0.5, 0.6) is 0 Å². The largest absolute Gasteiger partial charge is 0.293 e. The fourth-order valence-corrected chi connectivity index (χ4v) is 2.42. The molecule has 3 aliphatic heterocycles. The SMILES string of the molecule is C1=CCN2CN3CCC(O3)C2C1. The number of rotatable bonds is 0. The standard InChI is InChI=1S/C9H14N2O/c1-2-5-10-7-11-6-4-9(12-11)8(10)3-1/h1-2,8-9H,3-7H2. The van der Waals surface area contributed by atoms with Gasteiger partial charge in [-0.2, -0.15) is 5.06 Å². The van der Waals surface area contributed by atoms with Gasteiger partial charge >= 0.3 is 0 Å². The van der Waals surface area contributed by atoms with Crippen molar-refractivity contribution in [2.75, 3.05) is 19.8 Å². The molecule has 3 nitrogen and oxygen atoms in total. The van der Waals surface area contributed by atoms with E-state index in [4.69, 9.17) is 4.84 Å². The zero-order valence-corrected chi connectivity index (χ0v) is 7.15. The van der Waals surface area contributed by atoms with E-state index >= 15 is 0 Å². The van der Waals surface area contributed by atoms with Gasteiger partial charge in [-0.3, -0.25) is 9.74 Å². The van der Waals surface area contributed by atoms with E-state index < -0.39 is 0 Å². The lowest BCUT2D eigenvalue weighted by Gasteiger charge is -2.41. The van der Waals surface area contributed by atoms with Crippen molar-refractivity contribution < 1.29 is 4.84 Å². The first-order chi connectivity index (χ1) is 5.93. The van der Waals surface area contributed by atoms with Gasteiger partial charge in [0.05, 0.1) is 12.8 Å². The quantitative estimate of drug-likeness (QED) is 0.490. The lowest BCUT2D eigenvalue weighted by Crippen LogP contribution is -2.53. The van der Waals surface area contributed by atoms with Crippen LogP contribution in [0.4, 0.5) is 0 Å². The number of nitrogens with zero attached hydrogens (tertiary/aromatic N) is 2. The van der Waals surface area contributed by atoms with Crippen molar-refractivity contribution >= 4 is 0 Å². The van der Waals surface area contributed by atoms with E-state index in [1.165, 1.54) is 12.8 Å². The maximum absolute atomic E-state index is 5.72. The molecule has 0 aromatic rings. The zero-order chi connectivity index (χ0) is 7.97. The molecule has 3 rings (SSSR count). The van der Waals surface area contributed by atoms with Crippen molar-refractivity contribution in [1.29, 1.82) is 0 Å². The molecular weight excluding hydrogens is 152 g/mol. The molecule has 12 heavy (non-hydrogen) atoms. The molecule has 0 radical (unpaired) electrons. The molecule has 0 N–H and O–H groups in total. The molecule has 3 unspecified atom stereocenters. The van der Waals surface area contributed by atoms with Crippen LogP contribution in [-0.4, -0.2) is 41.9 Å². The Morgan fingerprint density at radius 3 is 3.33 bits per heavy atom. The lowest BCUT2D eigenvalue weighted by atomic mass is 10.0. The van der Waals surface area contributed by atoms with Gasteiger partial charge in [-0.1, -0.05) is 12.2 Å². The summed E-state index contributed by atoms with van der Waals surface area (Å²) >= 11 is 0. The molecule has 0 amide bonds. The second kappa shape index (κ2) is 2.55. The molecule has 0 aliphatic carbocycles. The first-order valence-electron chi connectivity index (χ1n) is 4.74. The van der Waals surface area contributed by atoms with Gasteiger partial charge in [0.25, 0.3) is 0 Å². The van der Waals surface area contributed by atoms with Gasteiger partial charge in [-0.15, -0.1) is 0 Å². The predicted molar refractivity (Wildman–Crippen MR) is 45.3 cm³/mol. The Morgan fingerprint density at radius 1 is 1.33 bits per heavy atom. The first kappa shape index (κ1) is 7.06. The summed E-state index contributed by atoms with van der Waals surface area (Å²) in [4.78, 5) is 8.24. The van der Waals surface area contributed by atoms with E-state index in [1.54, 1.807) is 0 Å². The van der Waals surface area contributed by atoms with Crippen molar-refractivity contribution in [2.24, 2.45) is 0 Å². The van der Waals surface area contributed by atoms with Crippen LogP contribution in [0.3, 0.4) is 0 Å². The summed E-state index contributed by atoms with van der Waals surface area (Å²) in [6.07, 6.45) is 7.43. The monoisotopic (exact) mass is 166 g/mol. The third kappa shape index (κ3) is 0.937. The molecule has 3 aliphatic rings. The second-order valence-corrected chi connectivity index (χ2v) is 3.83. The molecule has 2 bridgehead atoms. The molecule has 0 spiro atoms. The molecule has 0 aromatic heterocycles. The summed E-state index contributed by atoms with van der Waals surface area (Å²) in [7, 11) is 0. The van der Waals surface area contributed by atoms with Crippen LogP contribution in [0.2, 0.25) is 0 Å². The fraction of sp³-hybridized carbons (Fsp3) is 0.778. The molecule has 66 valence electrons. The van der Waals surface area contributed by atoms with Crippen molar-refractivity contribution in [3.05, 3.63) is 12.2 Å². The summed E-state index contributed by atoms with van der Waals surface area (Å²) in [6.45, 7) is 3.24. The van der Waals surface area contributed by atoms with Crippen LogP contribution >= 0.6 is 0 Å². The van der Waals surface area contributed by atoms with Gasteiger partial charge in [0, 0.05) is 19.1 Å². The van der Waals surface area contributed by atoms with Crippen LogP contribution in [-0.2, 0) is 4.84 Å². The summed E-state index contributed by atoms with van der Waals surface area (Å²) in [5.41, 5.74) is 0. The minimum Gasteiger partial charge on any atom is -0.293 e. The Kier molecular flexibility index (Phi) is 1.50. The van der Waals surface area contributed by atoms with Gasteiger partial charge in [-0.05, 0) is 12.8 Å². The Labute approximate surface area is 72.5 Å². The highest BCUT2D eigenvalue weighted by molar-refractivity contribution is 5.01. The predicted octanol–water partition coefficient (Wildman–Crippen LogP) is 0.594. The van der Waals surface area contributed by atoms with Crippen LogP contribution in [0.15, 0.2) is 12.2 Å². The fourth-order valence-electron chi connectivity index (χ4n) is 2.42. The highest BCUT2D eigenvalue weighted by Crippen LogP contribution is 2.29. The highest BCUT2D eigenvalue weighted by Gasteiger charge is 2.40. The molecular formula is C9H14N2O. The van der Waals surface area contributed by atoms with E-state index in [9.17, 15) is 0 Å². The summed E-state index contributed by atoms with van der Waals surface area (Å²) in [6, 6.07) is 0.661. The number of fused-ring (bicyclic) bond motifs is 4. The Balaban J connectivity index is 1.85. The number of hydroxylamine groups is 2. The molecule has 0 aromatic carbocycles. The van der Waals surface area contributed by atoms with Crippen molar-refractivity contribution in [1.82, 2.24) is 9.96 Å². The third-order valence-electron chi connectivity index (χ3n) is 3.07. The van der Waals surface area contributed by atoms with Crippen molar-refractivity contribution in [2.45, 2.75) is 25.0 Å². The summed E-state index contributed by atoms with van der Waals surface area (Å²) < 4.78 is 0. The maximum atomic E-state index is 5.72. The topological polar surface area (TPSA) is 15.7 Å². The van der Waals surface area contributed by atoms with Gasteiger partial charge in [0.2, 0.25) is 0 Å². The molecule has 3 heterocycles. The average molecular weight is 166 g/mol. The van der Waals surface area contributed by atoms with E-state index in [2.05, 4.69) is 22.1 Å². The number of hydrogen-bond donors (Lipinski definition) is 0. The number of hydrogen-bond acceptors (Lipinski definition) is 3. The zero-order valence-electron chi connectivity index (χ0n) is 7.15. The lowest BCUT2D eigenvalue weighted by molar-refractivity contribution is -0.227. The second-order valence-electron chi connectivity index (χ2n) is 3.83. The van der Waals surface area contributed by atoms with E-state index in [0.29, 0.717) is 12.1 Å². The third-order valence-corrected chi connectivity index (χ3v) is 3.07. The minimum absolute atomic E-state index is 0.476. The van der Waals surface area contributed by atoms with Crippen molar-refractivity contribution in [3.63, 3.8) is 0 Å². The molecule has 3 atom stereocenters. The summed E-state index contributed by atoms with van der Waals surface area (Å²) in [5, 5.41) is 2.10. The van der Waals surface area contributed by atoms with Crippen LogP contribution in [0, 0.1) is 0 Å². The molecule has 2 fully saturated rings. The van der Waals surface area contributed by atoms with Crippen LogP contribution in [0.1, 0.15) is 12.8 Å². The van der Waals surface area contributed by atoms with Crippen LogP contribution in [0.25, 0.3) is 0 Å². The highest BCUT2D eigenvalue weighted by atomic mass is 16.7. The van der Waals surface area contributed by atoms with Gasteiger partial charge in [0.15, 0.2) is 0 Å². The van der Waals surface area contributed by atoms with E-state index in [0.717, 1.165) is 19.8 Å². The minimum atomic E-state index is 0.476. The van der Waals surface area contributed by atoms with Gasteiger partial charge in [-0.25, -0.2) is 0 Å². The van der Waals surface area contributed by atoms with E-state index in [-0.39, 0.29) is 0 Å². The van der Waals surface area contributed by atoms with Gasteiger partial charge in [0.1, 0.15) is 0 Å². The van der Waals surface area contributed by atoms with Gasteiger partial charge < -0.3 is 0 Å². The van der Waals surface area contributed by atoms with Crippen molar-refractivity contribution in [3.8, 4) is 0 Å². The Bertz CT molecular complexity index is 217. The van der Waals surface area contributed by atoms with E-state index in [1.807, 2.05) is 0 Å². The maximum Gasteiger partial charge on any atom is 0.0965 e. The molecule has 3 heteroatoms. The Morgan fingerprint density at radius 2 is 2.33 bits per heavy atom. The normalized spacial score (nSPS) is 46.2. The Hall–Kier alpha value is -0.380. The average Bonchev–Trinajstić information content (AvgIpc) is 2.49. The molecule has 0 saturated carbocycles. The first-order valence-corrected chi connectivity index (χ1v) is 4.74. The smallest absolute Gasteiger partial charge is 0.0965 e. The molecule has 2 saturated heterocycles. The van der Waals surface area contributed by atoms with Crippen LogP contribution < -0.4 is 0 Å². The summed E-state index contributed by atoms with van der Waals surface area (Å²) in [5.74, 6) is 0.